The Morgan fingerprint density at radius 2 is 2.29 bits per heavy atom. The molecule has 0 aliphatic heterocycles. The highest BCUT2D eigenvalue weighted by atomic mass is 16.4. The topological polar surface area (TPSA) is 50.2 Å². The molecular weight excluding hydrogens is 178 g/mol. The number of aliphatic carboxylic acids is 1. The summed E-state index contributed by atoms with van der Waals surface area (Å²) in [5.74, 6) is -0.645. The first kappa shape index (κ1) is 9.19. The van der Waals surface area contributed by atoms with E-state index in [0.29, 0.717) is 0 Å². The van der Waals surface area contributed by atoms with Crippen LogP contribution in [0.15, 0.2) is 24.4 Å². The van der Waals surface area contributed by atoms with Crippen LogP contribution in [-0.2, 0) is 11.2 Å². The van der Waals surface area contributed by atoms with Crippen molar-refractivity contribution in [3.63, 3.8) is 0 Å². The van der Waals surface area contributed by atoms with Crippen LogP contribution >= 0.6 is 0 Å². The van der Waals surface area contributed by atoms with E-state index in [1.54, 1.807) is 6.20 Å². The molecular formula is C11H13NO2. The standard InChI is InChI=1S/C11H13NO2/c13-10(14)11(6-7-11)5-4-9-3-1-2-8-12-9/h1-3,8H,4-7H2,(H,13,14). The molecule has 74 valence electrons. The molecule has 1 heterocycles. The number of hydrogen-bond donors (Lipinski definition) is 1. The van der Waals surface area contributed by atoms with E-state index in [-0.39, 0.29) is 0 Å². The average molecular weight is 191 g/mol. The van der Waals surface area contributed by atoms with Crippen molar-refractivity contribution >= 4 is 5.97 Å². The summed E-state index contributed by atoms with van der Waals surface area (Å²) in [6.45, 7) is 0. The van der Waals surface area contributed by atoms with Gasteiger partial charge in [0, 0.05) is 11.9 Å². The third-order valence-corrected chi connectivity index (χ3v) is 2.89. The van der Waals surface area contributed by atoms with Crippen molar-refractivity contribution in [1.29, 1.82) is 0 Å². The van der Waals surface area contributed by atoms with E-state index < -0.39 is 11.4 Å². The third-order valence-electron chi connectivity index (χ3n) is 2.89. The van der Waals surface area contributed by atoms with Crippen LogP contribution in [0.3, 0.4) is 0 Å². The second kappa shape index (κ2) is 3.40. The Morgan fingerprint density at radius 3 is 2.79 bits per heavy atom. The van der Waals surface area contributed by atoms with Gasteiger partial charge in [-0.3, -0.25) is 9.78 Å². The second-order valence-electron chi connectivity index (χ2n) is 3.91. The summed E-state index contributed by atoms with van der Waals surface area (Å²) in [6.07, 6.45) is 4.90. The van der Waals surface area contributed by atoms with E-state index in [4.69, 9.17) is 5.11 Å². The lowest BCUT2D eigenvalue weighted by Gasteiger charge is -2.07. The Morgan fingerprint density at radius 1 is 1.50 bits per heavy atom. The van der Waals surface area contributed by atoms with Crippen LogP contribution in [0.1, 0.15) is 25.0 Å². The predicted molar refractivity (Wildman–Crippen MR) is 51.9 cm³/mol. The van der Waals surface area contributed by atoms with Gasteiger partial charge in [0.05, 0.1) is 5.41 Å². The molecule has 0 unspecified atom stereocenters. The summed E-state index contributed by atoms with van der Waals surface area (Å²) in [6, 6.07) is 5.74. The lowest BCUT2D eigenvalue weighted by Crippen LogP contribution is -2.15. The summed E-state index contributed by atoms with van der Waals surface area (Å²) in [4.78, 5) is 15.1. The molecule has 2 rings (SSSR count). The summed E-state index contributed by atoms with van der Waals surface area (Å²) in [7, 11) is 0. The van der Waals surface area contributed by atoms with Crippen LogP contribution < -0.4 is 0 Å². The molecule has 0 atom stereocenters. The molecule has 1 aliphatic carbocycles. The van der Waals surface area contributed by atoms with Crippen LogP contribution in [0.25, 0.3) is 0 Å². The monoisotopic (exact) mass is 191 g/mol. The fraction of sp³-hybridized carbons (Fsp3) is 0.455. The highest BCUT2D eigenvalue weighted by Gasteiger charge is 2.49. The Balaban J connectivity index is 1.92. The number of nitrogens with zero attached hydrogens (tertiary/aromatic N) is 1. The first-order valence-corrected chi connectivity index (χ1v) is 4.86. The molecule has 0 amide bonds. The summed E-state index contributed by atoms with van der Waals surface area (Å²) < 4.78 is 0. The number of aromatic nitrogens is 1. The maximum Gasteiger partial charge on any atom is 0.309 e. The summed E-state index contributed by atoms with van der Waals surface area (Å²) in [5, 5.41) is 8.96. The van der Waals surface area contributed by atoms with Crippen molar-refractivity contribution in [1.82, 2.24) is 4.98 Å². The molecule has 0 aromatic carbocycles. The largest absolute Gasteiger partial charge is 0.481 e. The lowest BCUT2D eigenvalue weighted by molar-refractivity contribution is -0.143. The maximum absolute atomic E-state index is 10.9. The van der Waals surface area contributed by atoms with Crippen molar-refractivity contribution in [2.24, 2.45) is 5.41 Å². The van der Waals surface area contributed by atoms with Gasteiger partial charge < -0.3 is 5.11 Å². The number of pyridine rings is 1. The number of hydrogen-bond acceptors (Lipinski definition) is 2. The predicted octanol–water partition coefficient (Wildman–Crippen LogP) is 1.88. The zero-order valence-electron chi connectivity index (χ0n) is 7.94. The van der Waals surface area contributed by atoms with Crippen LogP contribution in [0.2, 0.25) is 0 Å². The Kier molecular flexibility index (Phi) is 2.23. The van der Waals surface area contributed by atoms with E-state index in [1.165, 1.54) is 0 Å². The molecule has 1 aromatic rings. The van der Waals surface area contributed by atoms with Crippen molar-refractivity contribution in [3.05, 3.63) is 30.1 Å². The normalized spacial score (nSPS) is 17.7. The molecule has 1 saturated carbocycles. The zero-order chi connectivity index (χ0) is 10.0. The van der Waals surface area contributed by atoms with Gasteiger partial charge in [-0.25, -0.2) is 0 Å². The fourth-order valence-electron chi connectivity index (χ4n) is 1.64. The third kappa shape index (κ3) is 1.76. The lowest BCUT2D eigenvalue weighted by atomic mass is 9.99. The van der Waals surface area contributed by atoms with Crippen molar-refractivity contribution in [2.75, 3.05) is 0 Å². The van der Waals surface area contributed by atoms with Crippen LogP contribution in [0.4, 0.5) is 0 Å². The average Bonchev–Trinajstić information content (AvgIpc) is 2.97. The smallest absolute Gasteiger partial charge is 0.309 e. The number of carboxylic acid groups (broad SMARTS) is 1. The van der Waals surface area contributed by atoms with Gasteiger partial charge in [0.2, 0.25) is 0 Å². The second-order valence-corrected chi connectivity index (χ2v) is 3.91. The van der Waals surface area contributed by atoms with E-state index in [1.807, 2.05) is 18.2 Å². The molecule has 0 saturated heterocycles. The Hall–Kier alpha value is -1.38. The molecule has 0 radical (unpaired) electrons. The van der Waals surface area contributed by atoms with Crippen LogP contribution in [0, 0.1) is 5.41 Å². The minimum atomic E-state index is -0.645. The highest BCUT2D eigenvalue weighted by Crippen LogP contribution is 2.49. The van der Waals surface area contributed by atoms with Crippen molar-refractivity contribution < 1.29 is 9.90 Å². The minimum Gasteiger partial charge on any atom is -0.481 e. The van der Waals surface area contributed by atoms with Gasteiger partial charge in [0.1, 0.15) is 0 Å². The number of rotatable bonds is 4. The van der Waals surface area contributed by atoms with Crippen LogP contribution in [0.5, 0.6) is 0 Å². The molecule has 3 nitrogen and oxygen atoms in total. The number of aryl methyl sites for hydroxylation is 1. The fourth-order valence-corrected chi connectivity index (χ4v) is 1.64. The van der Waals surface area contributed by atoms with Gasteiger partial charge in [-0.2, -0.15) is 0 Å². The Bertz CT molecular complexity index is 330. The van der Waals surface area contributed by atoms with E-state index in [9.17, 15) is 4.79 Å². The quantitative estimate of drug-likeness (QED) is 0.790. The summed E-state index contributed by atoms with van der Waals surface area (Å²) >= 11 is 0. The molecule has 14 heavy (non-hydrogen) atoms. The van der Waals surface area contributed by atoms with Crippen LogP contribution in [-0.4, -0.2) is 16.1 Å². The van der Waals surface area contributed by atoms with E-state index >= 15 is 0 Å². The van der Waals surface area contributed by atoms with Gasteiger partial charge in [0.15, 0.2) is 0 Å². The molecule has 0 spiro atoms. The molecule has 1 fully saturated rings. The zero-order valence-corrected chi connectivity index (χ0v) is 7.94. The van der Waals surface area contributed by atoms with Crippen molar-refractivity contribution in [2.45, 2.75) is 25.7 Å². The summed E-state index contributed by atoms with van der Waals surface area (Å²) in [5.41, 5.74) is 0.567. The minimum absolute atomic E-state index is 0.419. The van der Waals surface area contributed by atoms with Gasteiger partial charge in [-0.05, 0) is 37.8 Å². The first-order valence-electron chi connectivity index (χ1n) is 4.86. The molecule has 1 N–H and O–H groups in total. The molecule has 3 heteroatoms. The SMILES string of the molecule is O=C(O)C1(CCc2ccccn2)CC1. The van der Waals surface area contributed by atoms with Gasteiger partial charge in [-0.15, -0.1) is 0 Å². The number of carbonyl (C=O) groups is 1. The molecule has 1 aliphatic rings. The number of carboxylic acids is 1. The van der Waals surface area contributed by atoms with E-state index in [2.05, 4.69) is 4.98 Å². The first-order chi connectivity index (χ1) is 6.73. The van der Waals surface area contributed by atoms with Crippen molar-refractivity contribution in [3.8, 4) is 0 Å². The van der Waals surface area contributed by atoms with E-state index in [0.717, 1.165) is 31.4 Å². The highest BCUT2D eigenvalue weighted by molar-refractivity contribution is 5.77. The van der Waals surface area contributed by atoms with Gasteiger partial charge >= 0.3 is 5.97 Å². The molecule has 0 bridgehead atoms. The van der Waals surface area contributed by atoms with Gasteiger partial charge in [0.25, 0.3) is 0 Å². The Labute approximate surface area is 82.8 Å². The van der Waals surface area contributed by atoms with Gasteiger partial charge in [-0.1, -0.05) is 6.07 Å². The maximum atomic E-state index is 10.9. The molecule has 1 aromatic heterocycles.